The van der Waals surface area contributed by atoms with Crippen LogP contribution < -0.4 is 10.1 Å². The van der Waals surface area contributed by atoms with Crippen LogP contribution in [-0.2, 0) is 6.54 Å². The Hall–Kier alpha value is -1.65. The second kappa shape index (κ2) is 7.38. The van der Waals surface area contributed by atoms with Gasteiger partial charge < -0.3 is 10.1 Å². The molecule has 1 N–H and O–H groups in total. The molecule has 112 valence electrons. The summed E-state index contributed by atoms with van der Waals surface area (Å²) < 4.78 is 33.2. The maximum atomic E-state index is 14.0. The van der Waals surface area contributed by atoms with Crippen LogP contribution in [0.25, 0.3) is 0 Å². The first kappa shape index (κ1) is 15.7. The van der Waals surface area contributed by atoms with E-state index in [4.69, 9.17) is 16.3 Å². The molecule has 0 aromatic heterocycles. The summed E-state index contributed by atoms with van der Waals surface area (Å²) >= 11 is 5.75. The van der Waals surface area contributed by atoms with Crippen molar-refractivity contribution in [1.82, 2.24) is 5.32 Å². The third-order valence-corrected chi connectivity index (χ3v) is 3.10. The Labute approximate surface area is 127 Å². The third kappa shape index (κ3) is 4.41. The number of benzene rings is 2. The lowest BCUT2D eigenvalue weighted by Crippen LogP contribution is -2.14. The van der Waals surface area contributed by atoms with Crippen molar-refractivity contribution >= 4 is 11.6 Å². The standard InChI is InChI=1S/C16H16ClF2NO/c1-2-7-20-10-11-8-14(18)16(15(19)9-11)21-13-5-3-12(17)4-6-13/h3-6,8-9,20H,2,7,10H2,1H3. The van der Waals surface area contributed by atoms with Crippen LogP contribution in [0.15, 0.2) is 36.4 Å². The van der Waals surface area contributed by atoms with Gasteiger partial charge in [0.15, 0.2) is 17.4 Å². The highest BCUT2D eigenvalue weighted by molar-refractivity contribution is 6.30. The van der Waals surface area contributed by atoms with Gasteiger partial charge >= 0.3 is 0 Å². The summed E-state index contributed by atoms with van der Waals surface area (Å²) in [6, 6.07) is 8.84. The molecule has 0 heterocycles. The van der Waals surface area contributed by atoms with Gasteiger partial charge in [0.05, 0.1) is 0 Å². The van der Waals surface area contributed by atoms with Gasteiger partial charge in [-0.1, -0.05) is 18.5 Å². The monoisotopic (exact) mass is 311 g/mol. The van der Waals surface area contributed by atoms with Gasteiger partial charge in [0.25, 0.3) is 0 Å². The van der Waals surface area contributed by atoms with Gasteiger partial charge in [-0.05, 0) is 54.9 Å². The highest BCUT2D eigenvalue weighted by Crippen LogP contribution is 2.29. The molecule has 0 fully saturated rings. The van der Waals surface area contributed by atoms with E-state index in [-0.39, 0.29) is 0 Å². The molecule has 0 radical (unpaired) electrons. The number of nitrogens with one attached hydrogen (secondary N) is 1. The van der Waals surface area contributed by atoms with Gasteiger partial charge in [-0.3, -0.25) is 0 Å². The number of rotatable bonds is 6. The second-order valence-corrected chi connectivity index (χ2v) is 5.06. The van der Waals surface area contributed by atoms with Gasteiger partial charge in [-0.25, -0.2) is 8.78 Å². The Kier molecular flexibility index (Phi) is 5.53. The summed E-state index contributed by atoms with van der Waals surface area (Å²) in [5.41, 5.74) is 0.543. The van der Waals surface area contributed by atoms with Crippen LogP contribution in [0, 0.1) is 11.6 Å². The molecule has 0 bridgehead atoms. The average molecular weight is 312 g/mol. The molecule has 2 nitrogen and oxygen atoms in total. The normalized spacial score (nSPS) is 10.7. The van der Waals surface area contributed by atoms with Crippen molar-refractivity contribution in [3.05, 3.63) is 58.6 Å². The van der Waals surface area contributed by atoms with Crippen molar-refractivity contribution in [1.29, 1.82) is 0 Å². The molecule has 2 rings (SSSR count). The molecular weight excluding hydrogens is 296 g/mol. The number of hydrogen-bond acceptors (Lipinski definition) is 2. The lowest BCUT2D eigenvalue weighted by Gasteiger charge is -2.10. The highest BCUT2D eigenvalue weighted by atomic mass is 35.5. The maximum absolute atomic E-state index is 14.0. The van der Waals surface area contributed by atoms with E-state index in [0.717, 1.165) is 13.0 Å². The summed E-state index contributed by atoms with van der Waals surface area (Å²) in [7, 11) is 0. The summed E-state index contributed by atoms with van der Waals surface area (Å²) in [5, 5.41) is 3.62. The van der Waals surface area contributed by atoms with Crippen molar-refractivity contribution in [3.8, 4) is 11.5 Å². The predicted molar refractivity (Wildman–Crippen MR) is 79.9 cm³/mol. The Morgan fingerprint density at radius 3 is 2.29 bits per heavy atom. The SMILES string of the molecule is CCCNCc1cc(F)c(Oc2ccc(Cl)cc2)c(F)c1. The van der Waals surface area contributed by atoms with Crippen LogP contribution in [0.2, 0.25) is 5.02 Å². The van der Waals surface area contributed by atoms with Crippen LogP contribution in [0.4, 0.5) is 8.78 Å². The topological polar surface area (TPSA) is 21.3 Å². The first-order valence-electron chi connectivity index (χ1n) is 6.72. The average Bonchev–Trinajstić information content (AvgIpc) is 2.45. The van der Waals surface area contributed by atoms with Gasteiger partial charge in [-0.2, -0.15) is 0 Å². The van der Waals surface area contributed by atoms with E-state index >= 15 is 0 Å². The zero-order valence-corrected chi connectivity index (χ0v) is 12.4. The number of ether oxygens (including phenoxy) is 1. The fourth-order valence-corrected chi connectivity index (χ4v) is 1.97. The third-order valence-electron chi connectivity index (χ3n) is 2.85. The van der Waals surface area contributed by atoms with Crippen LogP contribution in [0.1, 0.15) is 18.9 Å². The van der Waals surface area contributed by atoms with E-state index in [9.17, 15) is 8.78 Å². The fourth-order valence-electron chi connectivity index (χ4n) is 1.84. The van der Waals surface area contributed by atoms with E-state index in [1.165, 1.54) is 12.1 Å². The first-order chi connectivity index (χ1) is 10.1. The van der Waals surface area contributed by atoms with E-state index in [0.29, 0.717) is 22.9 Å². The van der Waals surface area contributed by atoms with Gasteiger partial charge in [0.2, 0.25) is 0 Å². The van der Waals surface area contributed by atoms with Crippen LogP contribution in [0.5, 0.6) is 11.5 Å². The van der Waals surface area contributed by atoms with E-state index in [1.807, 2.05) is 6.92 Å². The molecule has 2 aromatic carbocycles. The lowest BCUT2D eigenvalue weighted by atomic mass is 10.2. The Bertz CT molecular complexity index is 579. The van der Waals surface area contributed by atoms with Crippen molar-refractivity contribution in [2.24, 2.45) is 0 Å². The van der Waals surface area contributed by atoms with Gasteiger partial charge in [0, 0.05) is 11.6 Å². The van der Waals surface area contributed by atoms with E-state index in [1.54, 1.807) is 24.3 Å². The van der Waals surface area contributed by atoms with Crippen LogP contribution in [-0.4, -0.2) is 6.54 Å². The number of halogens is 3. The molecule has 0 aliphatic carbocycles. The van der Waals surface area contributed by atoms with Crippen molar-refractivity contribution in [2.45, 2.75) is 19.9 Å². The zero-order valence-electron chi connectivity index (χ0n) is 11.6. The van der Waals surface area contributed by atoms with Crippen molar-refractivity contribution in [2.75, 3.05) is 6.54 Å². The Morgan fingerprint density at radius 1 is 1.10 bits per heavy atom. The molecule has 2 aromatic rings. The van der Waals surface area contributed by atoms with Crippen LogP contribution in [0.3, 0.4) is 0 Å². The minimum Gasteiger partial charge on any atom is -0.451 e. The smallest absolute Gasteiger partial charge is 0.198 e. The van der Waals surface area contributed by atoms with E-state index < -0.39 is 17.4 Å². The largest absolute Gasteiger partial charge is 0.451 e. The minimum absolute atomic E-state index is 0.328. The first-order valence-corrected chi connectivity index (χ1v) is 7.10. The molecule has 0 aliphatic heterocycles. The molecule has 0 unspecified atom stereocenters. The number of hydrogen-bond donors (Lipinski definition) is 1. The predicted octanol–water partition coefficient (Wildman–Crippen LogP) is 4.91. The zero-order chi connectivity index (χ0) is 15.2. The molecular formula is C16H16ClF2NO. The maximum Gasteiger partial charge on any atom is 0.198 e. The Morgan fingerprint density at radius 2 is 1.71 bits per heavy atom. The molecule has 0 saturated carbocycles. The Balaban J connectivity index is 2.14. The summed E-state index contributed by atoms with van der Waals surface area (Å²) in [4.78, 5) is 0. The van der Waals surface area contributed by atoms with E-state index in [2.05, 4.69) is 5.32 Å². The summed E-state index contributed by atoms with van der Waals surface area (Å²) in [6.07, 6.45) is 0.961. The van der Waals surface area contributed by atoms with Crippen molar-refractivity contribution in [3.63, 3.8) is 0 Å². The van der Waals surface area contributed by atoms with Crippen molar-refractivity contribution < 1.29 is 13.5 Å². The molecule has 0 saturated heterocycles. The fraction of sp³-hybridized carbons (Fsp3) is 0.250. The van der Waals surface area contributed by atoms with Gasteiger partial charge in [0.1, 0.15) is 5.75 Å². The molecule has 0 atom stereocenters. The lowest BCUT2D eigenvalue weighted by molar-refractivity contribution is 0.406. The quantitative estimate of drug-likeness (QED) is 0.765. The van der Waals surface area contributed by atoms with Gasteiger partial charge in [-0.15, -0.1) is 0 Å². The molecule has 0 spiro atoms. The highest BCUT2D eigenvalue weighted by Gasteiger charge is 2.13. The second-order valence-electron chi connectivity index (χ2n) is 4.62. The van der Waals surface area contributed by atoms with Crippen LogP contribution >= 0.6 is 11.6 Å². The summed E-state index contributed by atoms with van der Waals surface area (Å²) in [6.45, 7) is 3.24. The molecule has 5 heteroatoms. The summed E-state index contributed by atoms with van der Waals surface area (Å²) in [5.74, 6) is -1.53. The molecule has 0 aliphatic rings. The molecule has 0 amide bonds. The molecule has 21 heavy (non-hydrogen) atoms. The minimum atomic E-state index is -0.724.